The van der Waals surface area contributed by atoms with Gasteiger partial charge in [-0.2, -0.15) is 0 Å². The Kier molecular flexibility index (Phi) is 9.06. The van der Waals surface area contributed by atoms with Crippen LogP contribution in [0.2, 0.25) is 0 Å². The number of anilines is 1. The van der Waals surface area contributed by atoms with Crippen LogP contribution >= 0.6 is 24.8 Å². The summed E-state index contributed by atoms with van der Waals surface area (Å²) in [5.41, 5.74) is 1.85. The van der Waals surface area contributed by atoms with Crippen LogP contribution in [-0.4, -0.2) is 42.9 Å². The van der Waals surface area contributed by atoms with Gasteiger partial charge >= 0.3 is 0 Å². The molecule has 3 rings (SSSR count). The van der Waals surface area contributed by atoms with Gasteiger partial charge in [-0.25, -0.2) is 4.39 Å². The van der Waals surface area contributed by atoms with Crippen LogP contribution in [0.15, 0.2) is 54.6 Å². The van der Waals surface area contributed by atoms with Gasteiger partial charge in [-0.1, -0.05) is 18.2 Å². The number of para-hydroxylation sites is 1. The number of ketones is 1. The number of rotatable bonds is 5. The van der Waals surface area contributed by atoms with E-state index in [1.807, 2.05) is 6.07 Å². The number of carbonyl (C=O) groups excluding carboxylic acids is 1. The van der Waals surface area contributed by atoms with E-state index < -0.39 is 0 Å². The van der Waals surface area contributed by atoms with E-state index in [2.05, 4.69) is 41.0 Å². The third kappa shape index (κ3) is 5.70. The number of carbonyl (C=O) groups is 1. The first-order valence-corrected chi connectivity index (χ1v) is 8.46. The molecule has 142 valence electrons. The zero-order valence-electron chi connectivity index (χ0n) is 14.8. The number of hydrogen-bond acceptors (Lipinski definition) is 3. The maximum Gasteiger partial charge on any atom is 0.164 e. The van der Waals surface area contributed by atoms with Crippen molar-refractivity contribution < 1.29 is 9.18 Å². The average molecular weight is 399 g/mol. The Morgan fingerprint density at radius 1 is 0.962 bits per heavy atom. The number of halogens is 3. The van der Waals surface area contributed by atoms with E-state index in [1.165, 1.54) is 17.8 Å². The van der Waals surface area contributed by atoms with Crippen molar-refractivity contribution in [2.45, 2.75) is 19.4 Å². The number of piperazine rings is 1. The molecule has 1 aliphatic rings. The largest absolute Gasteiger partial charge is 0.369 e. The molecule has 0 aliphatic carbocycles. The van der Waals surface area contributed by atoms with Crippen LogP contribution in [0.1, 0.15) is 23.7 Å². The Bertz CT molecular complexity index is 674. The van der Waals surface area contributed by atoms with E-state index in [0.717, 1.165) is 26.2 Å². The SMILES string of the molecule is CC(CC(=O)c1ccc(F)cc1)N1CCN(c2ccccc2)CC1.Cl.Cl. The van der Waals surface area contributed by atoms with E-state index >= 15 is 0 Å². The second kappa shape index (κ2) is 10.5. The lowest BCUT2D eigenvalue weighted by molar-refractivity contribution is 0.0923. The molecule has 2 aromatic rings. The van der Waals surface area contributed by atoms with Gasteiger partial charge in [0.2, 0.25) is 0 Å². The summed E-state index contributed by atoms with van der Waals surface area (Å²) in [4.78, 5) is 17.1. The fraction of sp³-hybridized carbons (Fsp3) is 0.350. The van der Waals surface area contributed by atoms with Gasteiger partial charge in [-0.15, -0.1) is 24.8 Å². The summed E-state index contributed by atoms with van der Waals surface area (Å²) >= 11 is 0. The van der Waals surface area contributed by atoms with Crippen LogP contribution in [0.5, 0.6) is 0 Å². The summed E-state index contributed by atoms with van der Waals surface area (Å²) < 4.78 is 13.0. The molecule has 6 heteroatoms. The molecular formula is C20H25Cl2FN2O. The molecule has 1 unspecified atom stereocenters. The van der Waals surface area contributed by atoms with Gasteiger partial charge in [-0.3, -0.25) is 9.69 Å². The van der Waals surface area contributed by atoms with E-state index in [9.17, 15) is 9.18 Å². The Labute approximate surface area is 167 Å². The zero-order chi connectivity index (χ0) is 16.9. The van der Waals surface area contributed by atoms with Crippen molar-refractivity contribution in [3.63, 3.8) is 0 Å². The minimum atomic E-state index is -0.309. The smallest absolute Gasteiger partial charge is 0.164 e. The van der Waals surface area contributed by atoms with Crippen LogP contribution in [0, 0.1) is 5.82 Å². The van der Waals surface area contributed by atoms with Gasteiger partial charge in [0.1, 0.15) is 5.82 Å². The monoisotopic (exact) mass is 398 g/mol. The summed E-state index contributed by atoms with van der Waals surface area (Å²) in [6.45, 7) is 5.94. The number of hydrogen-bond donors (Lipinski definition) is 0. The lowest BCUT2D eigenvalue weighted by Crippen LogP contribution is -2.50. The highest BCUT2D eigenvalue weighted by atomic mass is 35.5. The van der Waals surface area contributed by atoms with Crippen molar-refractivity contribution in [1.82, 2.24) is 4.90 Å². The van der Waals surface area contributed by atoms with Gasteiger partial charge in [0.15, 0.2) is 5.78 Å². The third-order valence-electron chi connectivity index (χ3n) is 4.71. The van der Waals surface area contributed by atoms with Crippen molar-refractivity contribution in [3.8, 4) is 0 Å². The molecule has 1 heterocycles. The molecule has 0 saturated carbocycles. The fourth-order valence-corrected chi connectivity index (χ4v) is 3.21. The van der Waals surface area contributed by atoms with E-state index in [-0.39, 0.29) is 42.5 Å². The Hall–Kier alpha value is -1.62. The van der Waals surface area contributed by atoms with Crippen molar-refractivity contribution in [2.24, 2.45) is 0 Å². The summed E-state index contributed by atoms with van der Waals surface area (Å²) in [6.07, 6.45) is 0.469. The number of benzene rings is 2. The normalized spacial score (nSPS) is 15.5. The zero-order valence-corrected chi connectivity index (χ0v) is 16.4. The highest BCUT2D eigenvalue weighted by Gasteiger charge is 2.23. The van der Waals surface area contributed by atoms with Crippen LogP contribution in [-0.2, 0) is 0 Å². The average Bonchev–Trinajstić information content (AvgIpc) is 2.63. The minimum Gasteiger partial charge on any atom is -0.369 e. The molecule has 0 radical (unpaired) electrons. The standard InChI is InChI=1S/C20H23FN2O.2ClH/c1-16(15-20(24)17-7-9-18(21)10-8-17)22-11-13-23(14-12-22)19-5-3-2-4-6-19;;/h2-10,16H,11-15H2,1H3;2*1H. The first-order chi connectivity index (χ1) is 11.6. The van der Waals surface area contributed by atoms with Crippen LogP contribution in [0.4, 0.5) is 10.1 Å². The summed E-state index contributed by atoms with van der Waals surface area (Å²) in [5.74, 6) is -0.232. The fourth-order valence-electron chi connectivity index (χ4n) is 3.21. The van der Waals surface area contributed by atoms with Crippen molar-refractivity contribution in [3.05, 3.63) is 66.0 Å². The van der Waals surface area contributed by atoms with Crippen molar-refractivity contribution in [1.29, 1.82) is 0 Å². The quantitative estimate of drug-likeness (QED) is 0.694. The van der Waals surface area contributed by atoms with Gasteiger partial charge in [0.05, 0.1) is 0 Å². The van der Waals surface area contributed by atoms with E-state index in [1.54, 1.807) is 12.1 Å². The Morgan fingerprint density at radius 3 is 2.12 bits per heavy atom. The molecule has 1 atom stereocenters. The highest BCUT2D eigenvalue weighted by molar-refractivity contribution is 5.96. The van der Waals surface area contributed by atoms with Gasteiger partial charge in [0.25, 0.3) is 0 Å². The summed E-state index contributed by atoms with van der Waals surface area (Å²) in [7, 11) is 0. The molecule has 3 nitrogen and oxygen atoms in total. The molecule has 26 heavy (non-hydrogen) atoms. The molecule has 0 N–H and O–H groups in total. The molecule has 2 aromatic carbocycles. The molecule has 0 spiro atoms. The second-order valence-corrected chi connectivity index (χ2v) is 6.34. The van der Waals surface area contributed by atoms with Crippen LogP contribution in [0.3, 0.4) is 0 Å². The third-order valence-corrected chi connectivity index (χ3v) is 4.71. The maximum absolute atomic E-state index is 13.0. The number of nitrogens with zero attached hydrogens (tertiary/aromatic N) is 2. The minimum absolute atomic E-state index is 0. The molecule has 0 amide bonds. The van der Waals surface area contributed by atoms with E-state index in [4.69, 9.17) is 0 Å². The molecule has 0 aromatic heterocycles. The van der Waals surface area contributed by atoms with Gasteiger partial charge in [0, 0.05) is 49.9 Å². The van der Waals surface area contributed by atoms with Gasteiger partial charge < -0.3 is 4.90 Å². The van der Waals surface area contributed by atoms with Crippen molar-refractivity contribution >= 4 is 36.3 Å². The lowest BCUT2D eigenvalue weighted by atomic mass is 10.0. The first-order valence-electron chi connectivity index (χ1n) is 8.46. The topological polar surface area (TPSA) is 23.6 Å². The molecule has 1 saturated heterocycles. The Balaban J connectivity index is 0.00000169. The number of Topliss-reactive ketones (excluding diaryl/α,β-unsaturated/α-hetero) is 1. The van der Waals surface area contributed by atoms with Crippen LogP contribution in [0.25, 0.3) is 0 Å². The van der Waals surface area contributed by atoms with Gasteiger partial charge in [-0.05, 0) is 43.3 Å². The summed E-state index contributed by atoms with van der Waals surface area (Å²) in [6, 6.07) is 16.4. The van der Waals surface area contributed by atoms with Crippen LogP contribution < -0.4 is 4.90 Å². The maximum atomic E-state index is 13.0. The molecule has 1 fully saturated rings. The second-order valence-electron chi connectivity index (χ2n) is 6.34. The predicted molar refractivity (Wildman–Crippen MR) is 110 cm³/mol. The van der Waals surface area contributed by atoms with Crippen molar-refractivity contribution in [2.75, 3.05) is 31.1 Å². The summed E-state index contributed by atoms with van der Waals surface area (Å²) in [5, 5.41) is 0. The Morgan fingerprint density at radius 2 is 1.54 bits per heavy atom. The lowest BCUT2D eigenvalue weighted by Gasteiger charge is -2.39. The molecular weight excluding hydrogens is 374 g/mol. The molecule has 1 aliphatic heterocycles. The highest BCUT2D eigenvalue weighted by Crippen LogP contribution is 2.18. The van der Waals surface area contributed by atoms with E-state index in [0.29, 0.717) is 12.0 Å². The first kappa shape index (κ1) is 22.4. The molecule has 0 bridgehead atoms. The predicted octanol–water partition coefficient (Wildman–Crippen LogP) is 4.45.